The third kappa shape index (κ3) is 4.23. The van der Waals surface area contributed by atoms with Crippen LogP contribution in [0.15, 0.2) is 73.3 Å². The van der Waals surface area contributed by atoms with E-state index in [4.69, 9.17) is 9.16 Å². The molecule has 2 aromatic rings. The number of hydrogen-bond donors (Lipinski definition) is 0. The largest absolute Gasteiger partial charge is 0.453 e. The van der Waals surface area contributed by atoms with Crippen LogP contribution in [0.25, 0.3) is 0 Å². The van der Waals surface area contributed by atoms with Crippen LogP contribution in [0.4, 0.5) is 4.79 Å². The predicted octanol–water partition coefficient (Wildman–Crippen LogP) is 4.35. The molecule has 3 rings (SSSR count). The Morgan fingerprint density at radius 1 is 1.10 bits per heavy atom. The first kappa shape index (κ1) is 22.3. The first-order chi connectivity index (χ1) is 14.3. The van der Waals surface area contributed by atoms with Crippen LogP contribution in [0, 0.1) is 0 Å². The Hall–Kier alpha value is -2.37. The van der Waals surface area contributed by atoms with Crippen molar-refractivity contribution < 1.29 is 14.0 Å². The lowest BCUT2D eigenvalue weighted by atomic mass is 10.1. The molecule has 2 aromatic carbocycles. The SMILES string of the molecule is C=CC[C@H]1C[C@@H](O[Si](c2ccccc2)(c2ccccc2)C(C)(C)C)CN1C(=O)OC. The summed E-state index contributed by atoms with van der Waals surface area (Å²) < 4.78 is 12.2. The smallest absolute Gasteiger partial charge is 0.409 e. The molecule has 0 N–H and O–H groups in total. The molecule has 160 valence electrons. The van der Waals surface area contributed by atoms with Gasteiger partial charge in [-0.15, -0.1) is 6.58 Å². The van der Waals surface area contributed by atoms with Gasteiger partial charge in [0.25, 0.3) is 8.32 Å². The van der Waals surface area contributed by atoms with Gasteiger partial charge in [-0.1, -0.05) is 87.5 Å². The number of benzene rings is 2. The van der Waals surface area contributed by atoms with E-state index in [1.807, 2.05) is 18.2 Å². The van der Waals surface area contributed by atoms with E-state index >= 15 is 0 Å². The van der Waals surface area contributed by atoms with E-state index in [2.05, 4.69) is 75.9 Å². The maximum Gasteiger partial charge on any atom is 0.409 e. The lowest BCUT2D eigenvalue weighted by molar-refractivity contribution is 0.114. The summed E-state index contributed by atoms with van der Waals surface area (Å²) >= 11 is 0. The number of likely N-dealkylation sites (tertiary alicyclic amines) is 1. The van der Waals surface area contributed by atoms with Crippen LogP contribution in [0.5, 0.6) is 0 Å². The molecule has 0 aliphatic carbocycles. The van der Waals surface area contributed by atoms with E-state index in [1.54, 1.807) is 4.90 Å². The van der Waals surface area contributed by atoms with E-state index in [9.17, 15) is 4.79 Å². The van der Waals surface area contributed by atoms with Crippen LogP contribution >= 0.6 is 0 Å². The zero-order valence-electron chi connectivity index (χ0n) is 18.5. The van der Waals surface area contributed by atoms with E-state index in [0.717, 1.165) is 12.8 Å². The second-order valence-corrected chi connectivity index (χ2v) is 13.2. The quantitative estimate of drug-likeness (QED) is 0.512. The Bertz CT molecular complexity index is 808. The molecular formula is C25H33NO3Si. The van der Waals surface area contributed by atoms with Crippen LogP contribution in [-0.2, 0) is 9.16 Å². The van der Waals surface area contributed by atoms with Gasteiger partial charge in [0.2, 0.25) is 0 Å². The summed E-state index contributed by atoms with van der Waals surface area (Å²) in [7, 11) is -1.21. The molecule has 5 heteroatoms. The van der Waals surface area contributed by atoms with Gasteiger partial charge in [-0.2, -0.15) is 0 Å². The highest BCUT2D eigenvalue weighted by Crippen LogP contribution is 2.39. The van der Waals surface area contributed by atoms with Crippen molar-refractivity contribution in [2.45, 2.75) is 50.8 Å². The summed E-state index contributed by atoms with van der Waals surface area (Å²) in [5.41, 5.74) is 0. The molecular weight excluding hydrogens is 390 g/mol. The van der Waals surface area contributed by atoms with Gasteiger partial charge in [-0.05, 0) is 28.3 Å². The van der Waals surface area contributed by atoms with Crippen LogP contribution in [0.3, 0.4) is 0 Å². The molecule has 0 saturated carbocycles. The maximum absolute atomic E-state index is 12.4. The van der Waals surface area contributed by atoms with Gasteiger partial charge >= 0.3 is 6.09 Å². The molecule has 1 saturated heterocycles. The van der Waals surface area contributed by atoms with Crippen LogP contribution in [-0.4, -0.2) is 45.1 Å². The minimum atomic E-state index is -2.65. The molecule has 0 radical (unpaired) electrons. The lowest BCUT2D eigenvalue weighted by Gasteiger charge is -2.44. The molecule has 4 nitrogen and oxygen atoms in total. The Morgan fingerprint density at radius 3 is 2.07 bits per heavy atom. The summed E-state index contributed by atoms with van der Waals surface area (Å²) in [5.74, 6) is 0. The minimum absolute atomic E-state index is 0.0539. The van der Waals surface area contributed by atoms with Crippen LogP contribution < -0.4 is 10.4 Å². The summed E-state index contributed by atoms with van der Waals surface area (Å²) in [6, 6.07) is 21.3. The predicted molar refractivity (Wildman–Crippen MR) is 125 cm³/mol. The van der Waals surface area contributed by atoms with E-state index in [-0.39, 0.29) is 23.3 Å². The Morgan fingerprint density at radius 2 is 1.63 bits per heavy atom. The average molecular weight is 424 g/mol. The highest BCUT2D eigenvalue weighted by molar-refractivity contribution is 6.99. The third-order valence-electron chi connectivity index (χ3n) is 5.98. The molecule has 0 bridgehead atoms. The topological polar surface area (TPSA) is 38.8 Å². The highest BCUT2D eigenvalue weighted by Gasteiger charge is 2.52. The van der Waals surface area contributed by atoms with Gasteiger partial charge in [0.15, 0.2) is 0 Å². The molecule has 30 heavy (non-hydrogen) atoms. The normalized spacial score (nSPS) is 19.5. The second-order valence-electron chi connectivity index (χ2n) is 8.94. The first-order valence-electron chi connectivity index (χ1n) is 10.6. The van der Waals surface area contributed by atoms with Crippen molar-refractivity contribution >= 4 is 24.8 Å². The number of ether oxygens (including phenoxy) is 1. The highest BCUT2D eigenvalue weighted by atomic mass is 28.4. The van der Waals surface area contributed by atoms with Crippen molar-refractivity contribution in [3.63, 3.8) is 0 Å². The second kappa shape index (κ2) is 9.19. The van der Waals surface area contributed by atoms with Gasteiger partial charge in [-0.3, -0.25) is 0 Å². The number of amides is 1. The van der Waals surface area contributed by atoms with Crippen molar-refractivity contribution in [1.29, 1.82) is 0 Å². The van der Waals surface area contributed by atoms with Gasteiger partial charge in [0, 0.05) is 12.6 Å². The molecule has 1 amide bonds. The fraction of sp³-hybridized carbons (Fsp3) is 0.400. The van der Waals surface area contributed by atoms with E-state index in [1.165, 1.54) is 17.5 Å². The van der Waals surface area contributed by atoms with Gasteiger partial charge < -0.3 is 14.1 Å². The van der Waals surface area contributed by atoms with Crippen molar-refractivity contribution in [3.8, 4) is 0 Å². The van der Waals surface area contributed by atoms with Crippen molar-refractivity contribution in [2.24, 2.45) is 0 Å². The summed E-state index contributed by atoms with van der Waals surface area (Å²) in [5, 5.41) is 2.41. The molecule has 1 aliphatic rings. The minimum Gasteiger partial charge on any atom is -0.453 e. The van der Waals surface area contributed by atoms with E-state index < -0.39 is 8.32 Å². The van der Waals surface area contributed by atoms with Crippen molar-refractivity contribution in [2.75, 3.05) is 13.7 Å². The molecule has 2 atom stereocenters. The van der Waals surface area contributed by atoms with Gasteiger partial charge in [-0.25, -0.2) is 4.79 Å². The van der Waals surface area contributed by atoms with E-state index in [0.29, 0.717) is 6.54 Å². The average Bonchev–Trinajstić information content (AvgIpc) is 3.14. The van der Waals surface area contributed by atoms with Gasteiger partial charge in [0.1, 0.15) is 0 Å². The molecule has 1 fully saturated rings. The number of rotatable bonds is 6. The Kier molecular flexibility index (Phi) is 6.83. The Balaban J connectivity index is 2.06. The number of nitrogens with zero attached hydrogens (tertiary/aromatic N) is 1. The fourth-order valence-electron chi connectivity index (χ4n) is 4.66. The first-order valence-corrected chi connectivity index (χ1v) is 12.5. The summed E-state index contributed by atoms with van der Waals surface area (Å²) in [6.45, 7) is 11.2. The number of carbonyl (C=O) groups excluding carboxylic acids is 1. The fourth-order valence-corrected chi connectivity index (χ4v) is 9.34. The molecule has 0 aromatic heterocycles. The number of methoxy groups -OCH3 is 1. The van der Waals surface area contributed by atoms with Crippen LogP contribution in [0.2, 0.25) is 5.04 Å². The zero-order valence-corrected chi connectivity index (χ0v) is 19.5. The summed E-state index contributed by atoms with van der Waals surface area (Å²) in [6.07, 6.45) is 3.03. The molecule has 1 aliphatic heterocycles. The standard InChI is InChI=1S/C25H33NO3Si/c1-6-13-20-18-21(19-26(20)24(27)28-5)29-30(25(2,3)4,22-14-9-7-10-15-22)23-16-11-8-12-17-23/h6-12,14-17,20-21H,1,13,18-19H2,2-5H3/t20-,21+/m0/s1. The Labute approximate surface area is 181 Å². The van der Waals surface area contributed by atoms with Crippen LogP contribution in [0.1, 0.15) is 33.6 Å². The third-order valence-corrected chi connectivity index (χ3v) is 11.1. The maximum atomic E-state index is 12.4. The zero-order chi connectivity index (χ0) is 21.8. The lowest BCUT2D eigenvalue weighted by Crippen LogP contribution is -2.67. The van der Waals surface area contributed by atoms with Crippen molar-refractivity contribution in [1.82, 2.24) is 4.90 Å². The number of hydrogen-bond acceptors (Lipinski definition) is 3. The number of carbonyl (C=O) groups is 1. The van der Waals surface area contributed by atoms with Crippen molar-refractivity contribution in [3.05, 3.63) is 73.3 Å². The molecule has 0 unspecified atom stereocenters. The monoisotopic (exact) mass is 423 g/mol. The summed E-state index contributed by atoms with van der Waals surface area (Å²) in [4.78, 5) is 14.2. The van der Waals surface area contributed by atoms with Gasteiger partial charge in [0.05, 0.1) is 13.2 Å². The molecule has 1 heterocycles. The molecule has 0 spiro atoms.